The van der Waals surface area contributed by atoms with Gasteiger partial charge in [-0.3, -0.25) is 4.79 Å². The zero-order chi connectivity index (χ0) is 23.4. The van der Waals surface area contributed by atoms with E-state index < -0.39 is 6.85 Å². The largest absolute Gasteiger partial charge is 0.320 e. The predicted molar refractivity (Wildman–Crippen MR) is 115 cm³/mol. The van der Waals surface area contributed by atoms with Crippen LogP contribution in [-0.4, -0.2) is 36.5 Å². The molecule has 0 amide bonds. The number of tetrazole rings is 1. The van der Waals surface area contributed by atoms with E-state index in [2.05, 4.69) is 25.6 Å². The van der Waals surface area contributed by atoms with Crippen molar-refractivity contribution in [1.29, 1.82) is 0 Å². The van der Waals surface area contributed by atoms with Crippen LogP contribution in [0.2, 0.25) is 5.15 Å². The van der Waals surface area contributed by atoms with E-state index in [-0.39, 0.29) is 17.3 Å². The Labute approximate surface area is 183 Å². The molecule has 7 nitrogen and oxygen atoms in total. The first-order valence-electron chi connectivity index (χ1n) is 11.0. The summed E-state index contributed by atoms with van der Waals surface area (Å²) in [5.74, 6) is 1.11. The van der Waals surface area contributed by atoms with Gasteiger partial charge < -0.3 is 4.57 Å². The van der Waals surface area contributed by atoms with Gasteiger partial charge in [-0.25, -0.2) is 4.98 Å². The third-order valence-corrected chi connectivity index (χ3v) is 5.13. The van der Waals surface area contributed by atoms with Crippen LogP contribution in [0, 0.1) is 0 Å². The number of aryl methyl sites for hydroxylation is 1. The van der Waals surface area contributed by atoms with Gasteiger partial charge in [-0.15, -0.1) is 10.2 Å². The fourth-order valence-corrected chi connectivity index (χ4v) is 3.63. The number of aromatic amines is 1. The highest BCUT2D eigenvalue weighted by Crippen LogP contribution is 2.30. The lowest BCUT2D eigenvalue weighted by Gasteiger charge is -2.11. The Morgan fingerprint density at radius 2 is 1.97 bits per heavy atom. The molecular formula is C22H21ClN6O. The molecule has 0 spiro atoms. The fourth-order valence-electron chi connectivity index (χ4n) is 3.39. The van der Waals surface area contributed by atoms with Crippen molar-refractivity contribution in [3.05, 3.63) is 70.8 Å². The van der Waals surface area contributed by atoms with Crippen LogP contribution in [0.15, 0.2) is 48.5 Å². The van der Waals surface area contributed by atoms with Crippen molar-refractivity contribution < 1.29 is 8.91 Å². The van der Waals surface area contributed by atoms with Crippen LogP contribution in [-0.2, 0) is 13.0 Å². The Morgan fingerprint density at radius 3 is 2.67 bits per heavy atom. The van der Waals surface area contributed by atoms with Gasteiger partial charge in [-0.1, -0.05) is 73.4 Å². The number of aromatic nitrogens is 6. The third kappa shape index (κ3) is 4.02. The van der Waals surface area contributed by atoms with E-state index in [1.807, 2.05) is 48.5 Å². The number of rotatable bonds is 8. The van der Waals surface area contributed by atoms with Gasteiger partial charge in [0.15, 0.2) is 11.4 Å². The Balaban J connectivity index is 1.58. The second kappa shape index (κ2) is 9.00. The summed E-state index contributed by atoms with van der Waals surface area (Å²) in [7, 11) is 0. The molecule has 152 valence electrons. The number of nitrogens with zero attached hydrogens (tertiary/aromatic N) is 5. The molecule has 2 aromatic carbocycles. The minimum absolute atomic E-state index is 0.0718. The number of carbonyl (C=O) groups excluding carboxylic acids is 1. The molecule has 1 N–H and O–H groups in total. The molecule has 0 radical (unpaired) electrons. The monoisotopic (exact) mass is 423 g/mol. The number of benzene rings is 2. The number of hydrogen-bond acceptors (Lipinski definition) is 5. The van der Waals surface area contributed by atoms with Gasteiger partial charge in [0.25, 0.3) is 0 Å². The van der Waals surface area contributed by atoms with Gasteiger partial charge in [-0.2, -0.15) is 5.21 Å². The number of H-pyrrole nitrogens is 1. The van der Waals surface area contributed by atoms with Crippen molar-refractivity contribution in [2.75, 3.05) is 0 Å². The van der Waals surface area contributed by atoms with E-state index >= 15 is 0 Å². The summed E-state index contributed by atoms with van der Waals surface area (Å²) < 4.78 is 23.9. The van der Waals surface area contributed by atoms with Gasteiger partial charge >= 0.3 is 0 Å². The van der Waals surface area contributed by atoms with Crippen LogP contribution in [0.1, 0.15) is 45.7 Å². The Bertz CT molecular complexity index is 1240. The van der Waals surface area contributed by atoms with Crippen LogP contribution in [0.3, 0.4) is 0 Å². The van der Waals surface area contributed by atoms with E-state index in [0.29, 0.717) is 37.3 Å². The van der Waals surface area contributed by atoms with Crippen LogP contribution in [0.25, 0.3) is 22.5 Å². The molecule has 0 bridgehead atoms. The lowest BCUT2D eigenvalue weighted by molar-refractivity contribution is 0.111. The molecule has 8 heteroatoms. The van der Waals surface area contributed by atoms with Crippen molar-refractivity contribution >= 4 is 17.9 Å². The second-order valence-corrected chi connectivity index (χ2v) is 7.10. The highest BCUT2D eigenvalue weighted by Gasteiger charge is 2.16. The van der Waals surface area contributed by atoms with Crippen molar-refractivity contribution in [1.82, 2.24) is 30.2 Å². The predicted octanol–water partition coefficient (Wildman–Crippen LogP) is 4.59. The molecule has 30 heavy (non-hydrogen) atoms. The SMILES string of the molecule is [2H]C([2H])([2H])CCCc1nc(Cl)c(C=O)n1Cc1ccc(-c2ccccc2-c2nn[nH]n2)cc1. The highest BCUT2D eigenvalue weighted by atomic mass is 35.5. The maximum Gasteiger partial charge on any atom is 0.205 e. The Morgan fingerprint density at radius 1 is 1.17 bits per heavy atom. The van der Waals surface area contributed by atoms with Crippen molar-refractivity contribution in [3.63, 3.8) is 0 Å². The van der Waals surface area contributed by atoms with Gasteiger partial charge in [0.2, 0.25) is 5.82 Å². The normalized spacial score (nSPS) is 12.9. The van der Waals surface area contributed by atoms with Gasteiger partial charge in [0.1, 0.15) is 11.5 Å². The summed E-state index contributed by atoms with van der Waals surface area (Å²) >= 11 is 6.16. The zero-order valence-corrected chi connectivity index (χ0v) is 16.8. The molecule has 2 aromatic heterocycles. The molecule has 0 saturated carbocycles. The number of carbonyl (C=O) groups is 1. The zero-order valence-electron chi connectivity index (χ0n) is 19.0. The average Bonchev–Trinajstić information content (AvgIpc) is 3.42. The summed E-state index contributed by atoms with van der Waals surface area (Å²) in [4.78, 5) is 15.9. The molecule has 0 atom stereocenters. The maximum atomic E-state index is 11.6. The van der Waals surface area contributed by atoms with Crippen LogP contribution < -0.4 is 0 Å². The van der Waals surface area contributed by atoms with Crippen molar-refractivity contribution in [2.24, 2.45) is 0 Å². The molecule has 4 rings (SSSR count). The first kappa shape index (κ1) is 16.5. The first-order chi connectivity index (χ1) is 15.9. The smallest absolute Gasteiger partial charge is 0.205 e. The number of hydrogen-bond donors (Lipinski definition) is 1. The lowest BCUT2D eigenvalue weighted by Crippen LogP contribution is -2.08. The second-order valence-electron chi connectivity index (χ2n) is 6.74. The molecule has 0 fully saturated rings. The Kier molecular flexibility index (Phi) is 4.94. The molecular weight excluding hydrogens is 400 g/mol. The van der Waals surface area contributed by atoms with E-state index in [1.54, 1.807) is 4.57 Å². The van der Waals surface area contributed by atoms with Crippen molar-refractivity contribution in [3.8, 4) is 22.5 Å². The molecule has 0 aliphatic rings. The topological polar surface area (TPSA) is 89.4 Å². The maximum absolute atomic E-state index is 11.6. The van der Waals surface area contributed by atoms with Crippen LogP contribution >= 0.6 is 11.6 Å². The summed E-state index contributed by atoms with van der Waals surface area (Å²) in [5.41, 5.74) is 4.05. The summed E-state index contributed by atoms with van der Waals surface area (Å²) in [6, 6.07) is 15.7. The minimum atomic E-state index is -2.00. The number of aldehydes is 1. The molecule has 0 saturated heterocycles. The van der Waals surface area contributed by atoms with Gasteiger partial charge in [0, 0.05) is 22.6 Å². The van der Waals surface area contributed by atoms with Crippen LogP contribution in [0.4, 0.5) is 0 Å². The number of imidazole rings is 1. The number of nitrogens with one attached hydrogen (secondary N) is 1. The van der Waals surface area contributed by atoms with E-state index in [0.717, 1.165) is 22.3 Å². The van der Waals surface area contributed by atoms with E-state index in [9.17, 15) is 4.79 Å². The first-order valence-corrected chi connectivity index (χ1v) is 9.86. The van der Waals surface area contributed by atoms with Crippen LogP contribution in [0.5, 0.6) is 0 Å². The fraction of sp³-hybridized carbons (Fsp3) is 0.227. The van der Waals surface area contributed by atoms with Gasteiger partial charge in [-0.05, 0) is 28.3 Å². The third-order valence-electron chi connectivity index (χ3n) is 4.85. The highest BCUT2D eigenvalue weighted by molar-refractivity contribution is 6.31. The lowest BCUT2D eigenvalue weighted by atomic mass is 9.98. The summed E-state index contributed by atoms with van der Waals surface area (Å²) in [6.07, 6.45) is 1.59. The molecule has 2 heterocycles. The minimum Gasteiger partial charge on any atom is -0.320 e. The number of halogens is 1. The quantitative estimate of drug-likeness (QED) is 0.419. The molecule has 0 unspecified atom stereocenters. The van der Waals surface area contributed by atoms with E-state index in [1.165, 1.54) is 0 Å². The van der Waals surface area contributed by atoms with E-state index in [4.69, 9.17) is 15.7 Å². The van der Waals surface area contributed by atoms with Gasteiger partial charge in [0.05, 0.1) is 0 Å². The molecule has 0 aliphatic carbocycles. The summed E-state index contributed by atoms with van der Waals surface area (Å²) in [5, 5.41) is 14.4. The van der Waals surface area contributed by atoms with Crippen molar-refractivity contribution in [2.45, 2.75) is 32.7 Å². The Hall–Kier alpha value is -3.32. The standard InChI is InChI=1S/C22H21ClN6O/c1-2-3-8-20-24-21(23)19(14-30)29(20)13-15-9-11-16(12-10-15)17-6-4-5-7-18(17)22-25-27-28-26-22/h4-7,9-12,14H,2-3,8,13H2,1H3,(H,25,26,27,28)/i1D3. The molecule has 0 aliphatic heterocycles. The molecule has 4 aromatic rings. The summed E-state index contributed by atoms with van der Waals surface area (Å²) in [6.45, 7) is -1.61. The average molecular weight is 424 g/mol.